The molecule has 238 valence electrons. The zero-order valence-electron chi connectivity index (χ0n) is 24.7. The molecule has 0 heterocycles. The number of ether oxygens (including phenoxy) is 2. The highest BCUT2D eigenvalue weighted by molar-refractivity contribution is 6.30. The summed E-state index contributed by atoms with van der Waals surface area (Å²) in [4.78, 5) is 0. The van der Waals surface area contributed by atoms with Crippen molar-refractivity contribution in [1.82, 2.24) is 0 Å². The fraction of sp³-hybridized carbons (Fsp3) is 0.486. The summed E-state index contributed by atoms with van der Waals surface area (Å²) in [6.45, 7) is 2.97. The minimum absolute atomic E-state index is 0.0863. The van der Waals surface area contributed by atoms with Crippen molar-refractivity contribution in [3.63, 3.8) is 0 Å². The summed E-state index contributed by atoms with van der Waals surface area (Å²) in [6, 6.07) is 8.34. The molecule has 0 radical (unpaired) electrons. The molecule has 0 N–H and O–H groups in total. The lowest BCUT2D eigenvalue weighted by molar-refractivity contribution is -0.189. The van der Waals surface area contributed by atoms with Crippen molar-refractivity contribution < 1.29 is 35.8 Å². The van der Waals surface area contributed by atoms with E-state index in [0.717, 1.165) is 101 Å². The second kappa shape index (κ2) is 14.2. The fourth-order valence-corrected chi connectivity index (χ4v) is 6.93. The molecule has 3 aromatic carbocycles. The van der Waals surface area contributed by atoms with E-state index in [4.69, 9.17) is 16.3 Å². The van der Waals surface area contributed by atoms with E-state index < -0.39 is 40.7 Å². The van der Waals surface area contributed by atoms with E-state index in [1.807, 2.05) is 0 Å². The molecule has 0 aliphatic heterocycles. The molecule has 0 amide bonds. The molecule has 0 spiro atoms. The molecule has 0 atom stereocenters. The summed E-state index contributed by atoms with van der Waals surface area (Å²) in [5.41, 5.74) is -1.13. The van der Waals surface area contributed by atoms with Crippen molar-refractivity contribution in [1.29, 1.82) is 0 Å². The van der Waals surface area contributed by atoms with Crippen LogP contribution in [0.3, 0.4) is 0 Å². The fourth-order valence-electron chi connectivity index (χ4n) is 6.81. The van der Waals surface area contributed by atoms with Crippen LogP contribution >= 0.6 is 11.6 Å². The van der Waals surface area contributed by atoms with Gasteiger partial charge in [0.15, 0.2) is 0 Å². The van der Waals surface area contributed by atoms with Crippen LogP contribution < -0.4 is 4.74 Å². The van der Waals surface area contributed by atoms with Gasteiger partial charge >= 0.3 is 6.11 Å². The Labute approximate surface area is 259 Å². The molecule has 0 saturated heterocycles. The number of halogens is 7. The number of hydrogen-bond donors (Lipinski definition) is 0. The van der Waals surface area contributed by atoms with Crippen LogP contribution in [0.1, 0.15) is 88.2 Å². The predicted octanol–water partition coefficient (Wildman–Crippen LogP) is 11.3. The van der Waals surface area contributed by atoms with Gasteiger partial charge in [-0.05, 0) is 123 Å². The minimum Gasteiger partial charge on any atom is -0.429 e. The molecule has 2 aliphatic carbocycles. The highest BCUT2D eigenvalue weighted by Crippen LogP contribution is 2.45. The van der Waals surface area contributed by atoms with E-state index in [0.29, 0.717) is 29.6 Å². The van der Waals surface area contributed by atoms with Gasteiger partial charge in [0.2, 0.25) is 0 Å². The predicted molar refractivity (Wildman–Crippen MR) is 159 cm³/mol. The highest BCUT2D eigenvalue weighted by atomic mass is 35.5. The normalized spacial score (nSPS) is 22.6. The third-order valence-corrected chi connectivity index (χ3v) is 9.56. The molecule has 2 saturated carbocycles. The van der Waals surface area contributed by atoms with Crippen molar-refractivity contribution in [2.45, 2.75) is 89.3 Å². The van der Waals surface area contributed by atoms with E-state index >= 15 is 17.6 Å². The summed E-state index contributed by atoms with van der Waals surface area (Å²) in [5.74, 6) is -4.17. The first-order chi connectivity index (χ1) is 21.1. The van der Waals surface area contributed by atoms with Gasteiger partial charge in [-0.25, -0.2) is 17.6 Å². The third kappa shape index (κ3) is 7.56. The molecule has 3 aromatic rings. The second-order valence-corrected chi connectivity index (χ2v) is 12.5. The van der Waals surface area contributed by atoms with Crippen LogP contribution in [-0.2, 0) is 10.8 Å². The molecule has 2 fully saturated rings. The average molecular weight is 639 g/mol. The molecule has 0 aromatic heterocycles. The summed E-state index contributed by atoms with van der Waals surface area (Å²) >= 11 is 5.66. The maximum Gasteiger partial charge on any atom is 0.432 e. The number of unbranched alkanes of at least 4 members (excludes halogenated alkanes) is 1. The number of benzene rings is 3. The Hall–Kier alpha value is -2.71. The Kier molecular flexibility index (Phi) is 10.5. The summed E-state index contributed by atoms with van der Waals surface area (Å²) in [7, 11) is 0. The van der Waals surface area contributed by atoms with Gasteiger partial charge < -0.3 is 9.47 Å². The van der Waals surface area contributed by atoms with Gasteiger partial charge in [-0.15, -0.1) is 0 Å². The Morgan fingerprint density at radius 1 is 0.750 bits per heavy atom. The number of rotatable bonds is 10. The van der Waals surface area contributed by atoms with E-state index in [1.165, 1.54) is 12.1 Å². The topological polar surface area (TPSA) is 18.5 Å². The number of hydrogen-bond acceptors (Lipinski definition) is 2. The van der Waals surface area contributed by atoms with Gasteiger partial charge in [0, 0.05) is 18.2 Å². The van der Waals surface area contributed by atoms with Gasteiger partial charge in [0.05, 0.1) is 11.1 Å². The maximum atomic E-state index is 15.1. The Bertz CT molecular complexity index is 1410. The maximum absolute atomic E-state index is 15.1. The van der Waals surface area contributed by atoms with Crippen molar-refractivity contribution >= 4 is 11.6 Å². The second-order valence-electron chi connectivity index (χ2n) is 12.1. The van der Waals surface area contributed by atoms with Crippen molar-refractivity contribution in [2.24, 2.45) is 11.8 Å². The quantitative estimate of drug-likeness (QED) is 0.162. The summed E-state index contributed by atoms with van der Waals surface area (Å²) < 4.78 is 99.4. The molecular formula is C35H37ClF6O2. The van der Waals surface area contributed by atoms with Gasteiger partial charge in [-0.1, -0.05) is 31.0 Å². The molecular weight excluding hydrogens is 602 g/mol. The molecule has 0 unspecified atom stereocenters. The lowest BCUT2D eigenvalue weighted by Crippen LogP contribution is -2.28. The average Bonchev–Trinajstić information content (AvgIpc) is 2.98. The minimum atomic E-state index is -4.41. The Morgan fingerprint density at radius 2 is 1.39 bits per heavy atom. The monoisotopic (exact) mass is 638 g/mol. The van der Waals surface area contributed by atoms with Gasteiger partial charge in [0.1, 0.15) is 34.6 Å². The lowest BCUT2D eigenvalue weighted by atomic mass is 9.69. The van der Waals surface area contributed by atoms with E-state index in [2.05, 4.69) is 11.7 Å². The van der Waals surface area contributed by atoms with Gasteiger partial charge in [-0.2, -0.15) is 8.78 Å². The van der Waals surface area contributed by atoms with Gasteiger partial charge in [-0.3, -0.25) is 0 Å². The zero-order chi connectivity index (χ0) is 31.4. The van der Waals surface area contributed by atoms with Crippen LogP contribution in [0.2, 0.25) is 5.02 Å². The Morgan fingerprint density at radius 3 is 1.98 bits per heavy atom. The molecule has 44 heavy (non-hydrogen) atoms. The van der Waals surface area contributed by atoms with Crippen molar-refractivity contribution in [3.05, 3.63) is 87.9 Å². The highest BCUT2D eigenvalue weighted by Gasteiger charge is 2.42. The van der Waals surface area contributed by atoms with E-state index in [1.54, 1.807) is 0 Å². The lowest BCUT2D eigenvalue weighted by Gasteiger charge is -2.38. The standard InChI is InChI=1S/C35H37ClF6O2/c1-2-3-16-43-26-11-8-22(9-12-26)21-4-6-23(7-5-21)25-18-32(39)34(33(40)19-25)35(41,42)44-27-13-14-28(30(37)20-27)24-10-15-29(36)31(38)17-24/h10,13-15,17-23,26H,2-9,11-12,16H2,1H3. The molecule has 9 heteroatoms. The van der Waals surface area contributed by atoms with Crippen LogP contribution in [0.15, 0.2) is 48.5 Å². The third-order valence-electron chi connectivity index (χ3n) is 9.25. The van der Waals surface area contributed by atoms with Crippen LogP contribution in [-0.4, -0.2) is 12.7 Å². The zero-order valence-corrected chi connectivity index (χ0v) is 25.4. The largest absolute Gasteiger partial charge is 0.432 e. The Balaban J connectivity index is 1.20. The molecule has 5 rings (SSSR count). The smallest absolute Gasteiger partial charge is 0.429 e. The van der Waals surface area contributed by atoms with Crippen LogP contribution in [0.4, 0.5) is 26.3 Å². The van der Waals surface area contributed by atoms with Crippen LogP contribution in [0.25, 0.3) is 11.1 Å². The molecule has 2 aliphatic rings. The van der Waals surface area contributed by atoms with Crippen LogP contribution in [0, 0.1) is 35.1 Å². The summed E-state index contributed by atoms with van der Waals surface area (Å²) in [5, 5.41) is -0.155. The van der Waals surface area contributed by atoms with Crippen LogP contribution in [0.5, 0.6) is 5.75 Å². The van der Waals surface area contributed by atoms with Crippen molar-refractivity contribution in [2.75, 3.05) is 6.61 Å². The molecule has 0 bridgehead atoms. The van der Waals surface area contributed by atoms with Crippen molar-refractivity contribution in [3.8, 4) is 16.9 Å². The first-order valence-electron chi connectivity index (χ1n) is 15.5. The summed E-state index contributed by atoms with van der Waals surface area (Å²) in [6.07, 6.45) is 5.90. The number of alkyl halides is 2. The molecule has 2 nitrogen and oxygen atoms in total. The SMILES string of the molecule is CCCCOC1CCC(C2CCC(c3cc(F)c(C(F)(F)Oc4ccc(-c5ccc(Cl)c(F)c5)c(F)c4)c(F)c3)CC2)CC1. The first kappa shape index (κ1) is 32.7. The van der Waals surface area contributed by atoms with E-state index in [-0.39, 0.29) is 22.1 Å². The first-order valence-corrected chi connectivity index (χ1v) is 15.9. The van der Waals surface area contributed by atoms with E-state index in [9.17, 15) is 8.78 Å². The van der Waals surface area contributed by atoms with Gasteiger partial charge in [0.25, 0.3) is 0 Å².